The van der Waals surface area contributed by atoms with Gasteiger partial charge in [0.25, 0.3) is 0 Å². The van der Waals surface area contributed by atoms with Crippen LogP contribution in [0.2, 0.25) is 0 Å². The summed E-state index contributed by atoms with van der Waals surface area (Å²) in [6.45, 7) is 6.39. The van der Waals surface area contributed by atoms with E-state index in [0.717, 1.165) is 62.7 Å². The lowest BCUT2D eigenvalue weighted by Gasteiger charge is -2.36. The van der Waals surface area contributed by atoms with Crippen molar-refractivity contribution >= 4 is 29.9 Å². The minimum atomic E-state index is -0.197. The number of hydrogen-bond donors (Lipinski definition) is 2. The number of guanidine groups is 1. The van der Waals surface area contributed by atoms with Crippen molar-refractivity contribution in [1.82, 2.24) is 10.6 Å². The van der Waals surface area contributed by atoms with E-state index in [-0.39, 0.29) is 35.2 Å². The molecule has 2 aliphatic heterocycles. The van der Waals surface area contributed by atoms with Crippen LogP contribution in [0.3, 0.4) is 0 Å². The van der Waals surface area contributed by atoms with Crippen molar-refractivity contribution in [2.75, 3.05) is 39.5 Å². The molecule has 2 aromatic carbocycles. The first-order valence-electron chi connectivity index (χ1n) is 11.3. The van der Waals surface area contributed by atoms with Crippen LogP contribution in [-0.2, 0) is 23.0 Å². The van der Waals surface area contributed by atoms with Crippen LogP contribution in [0.25, 0.3) is 0 Å². The van der Waals surface area contributed by atoms with Crippen LogP contribution in [-0.4, -0.2) is 45.4 Å². The molecule has 1 saturated heterocycles. The Bertz CT molecular complexity index is 916. The monoisotopic (exact) mass is 553 g/mol. The number of hydrogen-bond acceptors (Lipinski definition) is 3. The summed E-state index contributed by atoms with van der Waals surface area (Å²) in [6.07, 6.45) is 3.60. The lowest BCUT2D eigenvalue weighted by atomic mass is 9.74. The second-order valence-corrected chi connectivity index (χ2v) is 8.32. The molecule has 0 amide bonds. The van der Waals surface area contributed by atoms with Gasteiger partial charge in [0.2, 0.25) is 0 Å². The van der Waals surface area contributed by atoms with Crippen molar-refractivity contribution in [1.29, 1.82) is 0 Å². The molecule has 0 aliphatic carbocycles. The predicted octanol–water partition coefficient (Wildman–Crippen LogP) is 4.22. The Morgan fingerprint density at radius 1 is 1.09 bits per heavy atom. The average Bonchev–Trinajstić information content (AvgIpc) is 3.26. The van der Waals surface area contributed by atoms with Crippen LogP contribution in [0.5, 0.6) is 5.75 Å². The maximum Gasteiger partial charge on any atom is 0.191 e. The summed E-state index contributed by atoms with van der Waals surface area (Å²) >= 11 is 0. The second-order valence-electron chi connectivity index (χ2n) is 8.32. The van der Waals surface area contributed by atoms with Gasteiger partial charge in [-0.15, -0.1) is 24.0 Å². The fraction of sp³-hybridized carbons (Fsp3) is 0.480. The number of nitrogens with one attached hydrogen (secondary N) is 2. The first kappa shape index (κ1) is 24.8. The van der Waals surface area contributed by atoms with Crippen LogP contribution in [0.4, 0.5) is 4.39 Å². The summed E-state index contributed by atoms with van der Waals surface area (Å²) < 4.78 is 25.1. The summed E-state index contributed by atoms with van der Waals surface area (Å²) in [7, 11) is 0. The van der Waals surface area contributed by atoms with E-state index < -0.39 is 0 Å². The van der Waals surface area contributed by atoms with E-state index in [4.69, 9.17) is 14.5 Å². The molecule has 1 fully saturated rings. The van der Waals surface area contributed by atoms with Crippen molar-refractivity contribution in [3.8, 4) is 5.75 Å². The molecular formula is C25H33FIN3O2. The number of halogens is 2. The normalized spacial score (nSPS) is 17.1. The zero-order chi connectivity index (χ0) is 21.5. The van der Waals surface area contributed by atoms with Crippen molar-refractivity contribution in [3.05, 3.63) is 65.0 Å². The molecule has 2 N–H and O–H groups in total. The first-order chi connectivity index (χ1) is 15.2. The third kappa shape index (κ3) is 6.13. The Morgan fingerprint density at radius 3 is 2.72 bits per heavy atom. The fourth-order valence-electron chi connectivity index (χ4n) is 4.41. The maximum atomic E-state index is 13.9. The van der Waals surface area contributed by atoms with E-state index in [1.165, 1.54) is 17.2 Å². The topological polar surface area (TPSA) is 54.9 Å². The van der Waals surface area contributed by atoms with Crippen molar-refractivity contribution in [2.45, 2.75) is 38.0 Å². The Morgan fingerprint density at radius 2 is 1.94 bits per heavy atom. The number of nitrogens with zero attached hydrogens (tertiary/aromatic N) is 1. The van der Waals surface area contributed by atoms with Gasteiger partial charge in [0.15, 0.2) is 5.96 Å². The minimum absolute atomic E-state index is 0. The first-order valence-corrected chi connectivity index (χ1v) is 11.3. The van der Waals surface area contributed by atoms with Gasteiger partial charge < -0.3 is 20.1 Å². The van der Waals surface area contributed by atoms with Gasteiger partial charge in [0, 0.05) is 38.1 Å². The predicted molar refractivity (Wildman–Crippen MR) is 137 cm³/mol. The van der Waals surface area contributed by atoms with E-state index in [1.807, 2.05) is 6.07 Å². The molecule has 4 rings (SSSR count). The third-order valence-electron chi connectivity index (χ3n) is 6.23. The standard InChI is InChI=1S/C25H32FN3O2.HI/c1-2-27-24(28-12-8-19-6-7-23-20(16-19)9-13-31-23)29-18-25(10-14-30-15-11-25)21-4-3-5-22(26)17-21;/h3-7,16-17H,2,8-15,18H2,1H3,(H2,27,28,29);1H. The second kappa shape index (κ2) is 11.8. The van der Waals surface area contributed by atoms with Gasteiger partial charge in [-0.3, -0.25) is 4.99 Å². The summed E-state index contributed by atoms with van der Waals surface area (Å²) in [5.41, 5.74) is 3.42. The highest BCUT2D eigenvalue weighted by atomic mass is 127. The Hall–Kier alpha value is -1.87. The zero-order valence-electron chi connectivity index (χ0n) is 18.7. The SMILES string of the molecule is CCNC(=NCC1(c2cccc(F)c2)CCOCC1)NCCc1ccc2c(c1)CCO2.I. The number of aliphatic imine (C=N–C) groups is 1. The van der Waals surface area contributed by atoms with E-state index >= 15 is 0 Å². The molecule has 0 saturated carbocycles. The van der Waals surface area contributed by atoms with E-state index in [1.54, 1.807) is 12.1 Å². The molecule has 0 radical (unpaired) electrons. The van der Waals surface area contributed by atoms with Gasteiger partial charge in [-0.25, -0.2) is 4.39 Å². The summed E-state index contributed by atoms with van der Waals surface area (Å²) in [6, 6.07) is 13.4. The number of fused-ring (bicyclic) bond motifs is 1. The van der Waals surface area contributed by atoms with Gasteiger partial charge >= 0.3 is 0 Å². The van der Waals surface area contributed by atoms with Gasteiger partial charge in [0.1, 0.15) is 11.6 Å². The largest absolute Gasteiger partial charge is 0.493 e. The maximum absolute atomic E-state index is 13.9. The number of benzene rings is 2. The Labute approximate surface area is 207 Å². The lowest BCUT2D eigenvalue weighted by molar-refractivity contribution is 0.0530. The van der Waals surface area contributed by atoms with E-state index in [0.29, 0.717) is 19.8 Å². The molecule has 0 spiro atoms. The number of ether oxygens (including phenoxy) is 2. The van der Waals surface area contributed by atoms with Gasteiger partial charge in [-0.2, -0.15) is 0 Å². The van der Waals surface area contributed by atoms with Crippen LogP contribution in [0.15, 0.2) is 47.5 Å². The molecule has 174 valence electrons. The van der Waals surface area contributed by atoms with Crippen molar-refractivity contribution < 1.29 is 13.9 Å². The fourth-order valence-corrected chi connectivity index (χ4v) is 4.41. The van der Waals surface area contributed by atoms with Crippen molar-refractivity contribution in [2.24, 2.45) is 4.99 Å². The molecule has 0 atom stereocenters. The highest BCUT2D eigenvalue weighted by Gasteiger charge is 2.34. The molecule has 0 unspecified atom stereocenters. The molecular weight excluding hydrogens is 520 g/mol. The third-order valence-corrected chi connectivity index (χ3v) is 6.23. The highest BCUT2D eigenvalue weighted by Crippen LogP contribution is 2.35. The quantitative estimate of drug-likeness (QED) is 0.307. The minimum Gasteiger partial charge on any atom is -0.493 e. The van der Waals surface area contributed by atoms with Crippen LogP contribution < -0.4 is 15.4 Å². The molecule has 0 bridgehead atoms. The Kier molecular flexibility index (Phi) is 9.16. The average molecular weight is 553 g/mol. The summed E-state index contributed by atoms with van der Waals surface area (Å²) in [4.78, 5) is 4.90. The molecule has 5 nitrogen and oxygen atoms in total. The molecule has 2 heterocycles. The van der Waals surface area contributed by atoms with Crippen LogP contribution in [0, 0.1) is 5.82 Å². The Balaban J connectivity index is 0.00000289. The summed E-state index contributed by atoms with van der Waals surface area (Å²) in [5, 5.41) is 6.80. The molecule has 7 heteroatoms. The highest BCUT2D eigenvalue weighted by molar-refractivity contribution is 14.0. The van der Waals surface area contributed by atoms with Gasteiger partial charge in [-0.1, -0.05) is 24.3 Å². The van der Waals surface area contributed by atoms with Crippen molar-refractivity contribution in [3.63, 3.8) is 0 Å². The zero-order valence-corrected chi connectivity index (χ0v) is 21.0. The van der Waals surface area contributed by atoms with E-state index in [9.17, 15) is 4.39 Å². The lowest BCUT2D eigenvalue weighted by Crippen LogP contribution is -2.41. The molecule has 2 aliphatic rings. The molecule has 2 aromatic rings. The van der Waals surface area contributed by atoms with Crippen LogP contribution in [0.1, 0.15) is 36.5 Å². The number of rotatable bonds is 7. The molecule has 0 aromatic heterocycles. The van der Waals surface area contributed by atoms with Crippen LogP contribution >= 0.6 is 24.0 Å². The van der Waals surface area contributed by atoms with E-state index in [2.05, 4.69) is 35.8 Å². The summed E-state index contributed by atoms with van der Waals surface area (Å²) in [5.74, 6) is 1.62. The van der Waals surface area contributed by atoms with Gasteiger partial charge in [-0.05, 0) is 61.1 Å². The van der Waals surface area contributed by atoms with Gasteiger partial charge in [0.05, 0.1) is 13.2 Å². The smallest absolute Gasteiger partial charge is 0.191 e. The molecule has 32 heavy (non-hydrogen) atoms.